The van der Waals surface area contributed by atoms with Crippen LogP contribution in [0, 0.1) is 0 Å². The molecule has 6 heteroatoms. The summed E-state index contributed by atoms with van der Waals surface area (Å²) in [4.78, 5) is 19.0. The normalized spacial score (nSPS) is 17.0. The maximum absolute atomic E-state index is 13.1. The Bertz CT molecular complexity index is 879. The number of ether oxygens (including phenoxy) is 1. The van der Waals surface area contributed by atoms with Crippen LogP contribution < -0.4 is 0 Å². The van der Waals surface area contributed by atoms with Gasteiger partial charge >= 0.3 is 0 Å². The van der Waals surface area contributed by atoms with Crippen LogP contribution in [0.1, 0.15) is 22.3 Å². The Hall–Kier alpha value is -2.99. The van der Waals surface area contributed by atoms with Gasteiger partial charge in [0.2, 0.25) is 0 Å². The van der Waals surface area contributed by atoms with E-state index in [2.05, 4.69) is 27.3 Å². The zero-order chi connectivity index (χ0) is 18.5. The highest BCUT2D eigenvalue weighted by molar-refractivity contribution is 5.99. The maximum atomic E-state index is 13.1. The monoisotopic (exact) mass is 362 g/mol. The number of hydrogen-bond acceptors (Lipinski definition) is 4. The van der Waals surface area contributed by atoms with Crippen LogP contribution in [0.25, 0.3) is 11.3 Å². The molecule has 0 saturated carbocycles. The number of hydrogen-bond donors (Lipinski definition) is 1. The number of aryl methyl sites for hydroxylation is 1. The molecule has 4 rings (SSSR count). The summed E-state index contributed by atoms with van der Waals surface area (Å²) in [6.45, 7) is 1.77. The molecule has 0 bridgehead atoms. The van der Waals surface area contributed by atoms with E-state index in [9.17, 15) is 4.79 Å². The zero-order valence-electron chi connectivity index (χ0n) is 15.0. The number of morpholine rings is 1. The molecule has 3 aromatic rings. The van der Waals surface area contributed by atoms with Crippen molar-refractivity contribution in [1.82, 2.24) is 20.1 Å². The number of carbonyl (C=O) groups is 1. The number of H-pyrrole nitrogens is 1. The minimum absolute atomic E-state index is 0.0106. The standard InChI is InChI=1S/C21H22N4O2/c26-21(19-14-23-24-20(19)17-8-10-22-11-9-17)25-12-13-27-18(15-25)7-6-16-4-2-1-3-5-16/h1-5,8-11,14,18H,6-7,12-13,15H2,(H,23,24). The topological polar surface area (TPSA) is 71.1 Å². The van der Waals surface area contributed by atoms with Gasteiger partial charge in [-0.1, -0.05) is 30.3 Å². The third kappa shape index (κ3) is 4.06. The number of rotatable bonds is 5. The van der Waals surface area contributed by atoms with Gasteiger partial charge in [-0.3, -0.25) is 14.9 Å². The van der Waals surface area contributed by atoms with Crippen LogP contribution in [0.4, 0.5) is 0 Å². The fraction of sp³-hybridized carbons (Fsp3) is 0.286. The summed E-state index contributed by atoms with van der Waals surface area (Å²) in [7, 11) is 0. The lowest BCUT2D eigenvalue weighted by Crippen LogP contribution is -2.45. The summed E-state index contributed by atoms with van der Waals surface area (Å²) in [5.74, 6) is -0.0106. The molecule has 1 fully saturated rings. The van der Waals surface area contributed by atoms with Crippen LogP contribution in [0.3, 0.4) is 0 Å². The van der Waals surface area contributed by atoms with E-state index in [0.717, 1.165) is 24.1 Å². The Kier molecular flexibility index (Phi) is 5.25. The Balaban J connectivity index is 1.43. The molecule has 1 aliphatic heterocycles. The molecule has 3 heterocycles. The molecular weight excluding hydrogens is 340 g/mol. The molecule has 1 N–H and O–H groups in total. The van der Waals surface area contributed by atoms with E-state index in [4.69, 9.17) is 4.74 Å². The van der Waals surface area contributed by atoms with Crippen molar-refractivity contribution in [3.8, 4) is 11.3 Å². The minimum atomic E-state index is -0.0106. The van der Waals surface area contributed by atoms with E-state index in [1.807, 2.05) is 35.2 Å². The summed E-state index contributed by atoms with van der Waals surface area (Å²) in [6.07, 6.45) is 6.92. The van der Waals surface area contributed by atoms with Crippen molar-refractivity contribution in [2.45, 2.75) is 18.9 Å². The first kappa shape index (κ1) is 17.4. The van der Waals surface area contributed by atoms with Gasteiger partial charge in [0, 0.05) is 31.0 Å². The van der Waals surface area contributed by atoms with Gasteiger partial charge in [0.15, 0.2) is 0 Å². The number of carbonyl (C=O) groups excluding carboxylic acids is 1. The maximum Gasteiger partial charge on any atom is 0.257 e. The number of amides is 1. The van der Waals surface area contributed by atoms with Gasteiger partial charge in [0.1, 0.15) is 0 Å². The Morgan fingerprint density at radius 3 is 2.81 bits per heavy atom. The number of benzene rings is 1. The van der Waals surface area contributed by atoms with Crippen LogP contribution in [0.15, 0.2) is 61.1 Å². The summed E-state index contributed by atoms with van der Waals surface area (Å²) < 4.78 is 5.89. The molecule has 27 heavy (non-hydrogen) atoms. The average molecular weight is 362 g/mol. The van der Waals surface area contributed by atoms with Crippen molar-refractivity contribution in [2.75, 3.05) is 19.7 Å². The van der Waals surface area contributed by atoms with Crippen molar-refractivity contribution in [3.63, 3.8) is 0 Å². The van der Waals surface area contributed by atoms with E-state index < -0.39 is 0 Å². The number of aromatic amines is 1. The molecule has 6 nitrogen and oxygen atoms in total. The lowest BCUT2D eigenvalue weighted by molar-refractivity contribution is -0.0245. The molecule has 1 atom stereocenters. The molecule has 1 aromatic carbocycles. The van der Waals surface area contributed by atoms with Crippen LogP contribution in [0.2, 0.25) is 0 Å². The number of pyridine rings is 1. The smallest absolute Gasteiger partial charge is 0.257 e. The van der Waals surface area contributed by atoms with E-state index in [1.165, 1.54) is 5.56 Å². The first-order valence-electron chi connectivity index (χ1n) is 9.20. The molecule has 138 valence electrons. The molecule has 0 spiro atoms. The molecular formula is C21H22N4O2. The van der Waals surface area contributed by atoms with Crippen molar-refractivity contribution >= 4 is 5.91 Å². The van der Waals surface area contributed by atoms with Crippen LogP contribution >= 0.6 is 0 Å². The molecule has 1 saturated heterocycles. The van der Waals surface area contributed by atoms with Gasteiger partial charge in [-0.15, -0.1) is 0 Å². The van der Waals surface area contributed by atoms with Gasteiger partial charge in [0.25, 0.3) is 5.91 Å². The van der Waals surface area contributed by atoms with Gasteiger partial charge in [-0.25, -0.2) is 0 Å². The summed E-state index contributed by atoms with van der Waals surface area (Å²) in [5.41, 5.74) is 3.51. The van der Waals surface area contributed by atoms with Crippen molar-refractivity contribution in [1.29, 1.82) is 0 Å². The fourth-order valence-electron chi connectivity index (χ4n) is 3.41. The second-order valence-corrected chi connectivity index (χ2v) is 6.66. The SMILES string of the molecule is O=C(c1cn[nH]c1-c1ccncc1)N1CCOC(CCc2ccccc2)C1. The van der Waals surface area contributed by atoms with Crippen LogP contribution in [0.5, 0.6) is 0 Å². The highest BCUT2D eigenvalue weighted by Gasteiger charge is 2.27. The first-order valence-corrected chi connectivity index (χ1v) is 9.20. The molecule has 0 radical (unpaired) electrons. The van der Waals surface area contributed by atoms with E-state index in [0.29, 0.717) is 25.3 Å². The molecule has 1 unspecified atom stereocenters. The Labute approximate surface area is 158 Å². The third-order valence-electron chi connectivity index (χ3n) is 4.86. The van der Waals surface area contributed by atoms with Gasteiger partial charge in [0.05, 0.1) is 30.2 Å². The minimum Gasteiger partial charge on any atom is -0.375 e. The fourth-order valence-corrected chi connectivity index (χ4v) is 3.41. The first-order chi connectivity index (χ1) is 13.3. The molecule has 1 amide bonds. The molecule has 0 aliphatic carbocycles. The van der Waals surface area contributed by atoms with Crippen molar-refractivity contribution in [2.24, 2.45) is 0 Å². The summed E-state index contributed by atoms with van der Waals surface area (Å²) >= 11 is 0. The second kappa shape index (κ2) is 8.14. The zero-order valence-corrected chi connectivity index (χ0v) is 15.0. The molecule has 2 aromatic heterocycles. The van der Waals surface area contributed by atoms with Crippen molar-refractivity contribution in [3.05, 3.63) is 72.2 Å². The van der Waals surface area contributed by atoms with E-state index >= 15 is 0 Å². The average Bonchev–Trinajstić information content (AvgIpc) is 3.23. The van der Waals surface area contributed by atoms with Crippen molar-refractivity contribution < 1.29 is 9.53 Å². The van der Waals surface area contributed by atoms with E-state index in [-0.39, 0.29) is 12.0 Å². The van der Waals surface area contributed by atoms with Gasteiger partial charge in [-0.05, 0) is 30.5 Å². The summed E-state index contributed by atoms with van der Waals surface area (Å²) in [5, 5.41) is 7.03. The Morgan fingerprint density at radius 1 is 1.19 bits per heavy atom. The number of nitrogens with one attached hydrogen (secondary N) is 1. The lowest BCUT2D eigenvalue weighted by atomic mass is 10.0. The lowest BCUT2D eigenvalue weighted by Gasteiger charge is -2.33. The largest absolute Gasteiger partial charge is 0.375 e. The van der Waals surface area contributed by atoms with Crippen LogP contribution in [-0.2, 0) is 11.2 Å². The van der Waals surface area contributed by atoms with Gasteiger partial charge in [-0.2, -0.15) is 5.10 Å². The van der Waals surface area contributed by atoms with E-state index in [1.54, 1.807) is 18.6 Å². The predicted molar refractivity (Wildman–Crippen MR) is 102 cm³/mol. The Morgan fingerprint density at radius 2 is 2.00 bits per heavy atom. The molecule has 1 aliphatic rings. The second-order valence-electron chi connectivity index (χ2n) is 6.66. The quantitative estimate of drug-likeness (QED) is 0.757. The third-order valence-corrected chi connectivity index (χ3v) is 4.86. The highest BCUT2D eigenvalue weighted by atomic mass is 16.5. The predicted octanol–water partition coefficient (Wildman–Crippen LogP) is 2.95. The van der Waals surface area contributed by atoms with Crippen LogP contribution in [-0.4, -0.2) is 51.8 Å². The number of nitrogens with zero attached hydrogens (tertiary/aromatic N) is 3. The highest BCUT2D eigenvalue weighted by Crippen LogP contribution is 2.23. The summed E-state index contributed by atoms with van der Waals surface area (Å²) in [6, 6.07) is 14.1. The van der Waals surface area contributed by atoms with Gasteiger partial charge < -0.3 is 9.64 Å². The number of aromatic nitrogens is 3.